The van der Waals surface area contributed by atoms with Crippen LogP contribution in [0.1, 0.15) is 106 Å². The summed E-state index contributed by atoms with van der Waals surface area (Å²) in [4.78, 5) is 76.9. The molecule has 0 amide bonds. The lowest BCUT2D eigenvalue weighted by Gasteiger charge is -2.70. The van der Waals surface area contributed by atoms with Gasteiger partial charge in [-0.3, -0.25) is 9.59 Å². The summed E-state index contributed by atoms with van der Waals surface area (Å²) in [6.07, 6.45) is -26.7. The predicted molar refractivity (Wildman–Crippen MR) is 233 cm³/mol. The van der Waals surface area contributed by atoms with Gasteiger partial charge in [0, 0.05) is 5.92 Å². The smallest absolute Gasteiger partial charge is 0.338 e. The third-order valence-electron chi connectivity index (χ3n) is 18.9. The number of aliphatic carboxylic acids is 3. The highest BCUT2D eigenvalue weighted by Crippen LogP contribution is 2.75. The Morgan fingerprint density at radius 2 is 1.31 bits per heavy atom. The van der Waals surface area contributed by atoms with Gasteiger partial charge in [0.05, 0.1) is 11.5 Å². The third-order valence-corrected chi connectivity index (χ3v) is 18.9. The number of carboxylic acid groups (broad SMARTS) is 3. The molecule has 2 saturated heterocycles. The van der Waals surface area contributed by atoms with Crippen LogP contribution in [0, 0.1) is 50.2 Å². The van der Waals surface area contributed by atoms with Crippen molar-refractivity contribution in [2.75, 3.05) is 0 Å². The number of hydrogen-bond donors (Lipinski definition) is 11. The lowest BCUT2D eigenvalue weighted by atomic mass is 9.33. The van der Waals surface area contributed by atoms with Gasteiger partial charge in [-0.1, -0.05) is 47.1 Å². The van der Waals surface area contributed by atoms with Crippen LogP contribution in [-0.2, 0) is 52.5 Å². The van der Waals surface area contributed by atoms with Crippen molar-refractivity contribution in [1.82, 2.24) is 0 Å². The monoisotopic (exact) mass is 998 g/mol. The zero-order valence-corrected chi connectivity index (χ0v) is 40.3. The van der Waals surface area contributed by atoms with Gasteiger partial charge in [-0.15, -0.1) is 0 Å². The molecule has 0 unspecified atom stereocenters. The van der Waals surface area contributed by atoms with Crippen LogP contribution < -0.4 is 0 Å². The number of ketones is 1. The zero-order valence-electron chi connectivity index (χ0n) is 40.3. The molecule has 0 aromatic heterocycles. The number of carboxylic acids is 3. The van der Waals surface area contributed by atoms with Crippen LogP contribution in [0.2, 0.25) is 0 Å². The van der Waals surface area contributed by atoms with Crippen LogP contribution in [0.15, 0.2) is 11.6 Å². The Morgan fingerprint density at radius 1 is 0.714 bits per heavy atom. The third kappa shape index (κ3) is 8.54. The van der Waals surface area contributed by atoms with Crippen molar-refractivity contribution >= 4 is 35.9 Å². The molecule has 2 aliphatic heterocycles. The van der Waals surface area contributed by atoms with E-state index in [1.165, 1.54) is 0 Å². The number of carbonyl (C=O) groups excluding carboxylic acids is 3. The van der Waals surface area contributed by atoms with Crippen molar-refractivity contribution in [3.63, 3.8) is 0 Å². The Hall–Kier alpha value is -3.52. The quantitative estimate of drug-likeness (QED) is 0.0626. The Morgan fingerprint density at radius 3 is 1.91 bits per heavy atom. The van der Waals surface area contributed by atoms with Gasteiger partial charge in [0.2, 0.25) is 0 Å². The van der Waals surface area contributed by atoms with E-state index in [-0.39, 0.29) is 35.7 Å². The largest absolute Gasteiger partial charge is 0.481 e. The molecule has 2 heterocycles. The molecule has 6 fully saturated rings. The van der Waals surface area contributed by atoms with Gasteiger partial charge in [0.15, 0.2) is 55.2 Å². The van der Waals surface area contributed by atoms with E-state index in [0.717, 1.165) is 24.8 Å². The van der Waals surface area contributed by atoms with E-state index >= 15 is 4.79 Å². The number of aldehydes is 1. The molecule has 23 atom stereocenters. The van der Waals surface area contributed by atoms with Gasteiger partial charge < -0.3 is 84.7 Å². The molecule has 0 bridgehead atoms. The zero-order chi connectivity index (χ0) is 52.2. The van der Waals surface area contributed by atoms with Crippen molar-refractivity contribution in [3.8, 4) is 0 Å². The minimum atomic E-state index is -2.78. The maximum absolute atomic E-state index is 15.0. The van der Waals surface area contributed by atoms with Crippen molar-refractivity contribution in [2.45, 2.75) is 198 Å². The second kappa shape index (κ2) is 18.8. The van der Waals surface area contributed by atoms with Gasteiger partial charge in [-0.2, -0.15) is 0 Å². The maximum atomic E-state index is 15.0. The SMILES string of the molecule is CC1(C)[C@@H](O[C@H]2O[C@H](C(=O)O)[C@@H](O)[C@H](OC(=O)[C@@H](O)[C@@H](O)[C@H](O)[C@@H](O)C=O)[C@H]2O[C@@H]2O[C@H](C(=O)O)[C@@H](O)[C@H](O)[C@H]2O)CC[C@]2(C)[C@H]3C(=O)C=C4[C@@H]5C[C@@](C)(C(=O)O)CC[C@]5(C)CC[C@@]4(C)[C@]3(C)CC[C@@H]12. The molecule has 0 radical (unpaired) electrons. The molecule has 0 aromatic rings. The van der Waals surface area contributed by atoms with Crippen LogP contribution in [-0.4, -0.2) is 184 Å². The Bertz CT molecular complexity index is 2110. The second-order valence-corrected chi connectivity index (χ2v) is 23.1. The number of allylic oxidation sites excluding steroid dienone is 2. The number of esters is 1. The number of ether oxygens (including phenoxy) is 5. The molecule has 11 N–H and O–H groups in total. The number of hydrogen-bond acceptors (Lipinski definition) is 19. The number of fused-ring (bicyclic) bond motifs is 7. The minimum Gasteiger partial charge on any atom is -0.481 e. The van der Waals surface area contributed by atoms with E-state index in [4.69, 9.17) is 23.7 Å². The Labute approximate surface area is 403 Å². The lowest BCUT2D eigenvalue weighted by molar-refractivity contribution is -0.372. The summed E-state index contributed by atoms with van der Waals surface area (Å²) in [5.41, 5.74) is -2.62. The van der Waals surface area contributed by atoms with E-state index < -0.39 is 149 Å². The van der Waals surface area contributed by atoms with Gasteiger partial charge >= 0.3 is 23.9 Å². The highest BCUT2D eigenvalue weighted by molar-refractivity contribution is 5.95. The first-order valence-electron chi connectivity index (χ1n) is 24.0. The van der Waals surface area contributed by atoms with E-state index in [0.29, 0.717) is 32.1 Å². The predicted octanol–water partition coefficient (Wildman–Crippen LogP) is -0.561. The number of carbonyl (C=O) groups is 6. The van der Waals surface area contributed by atoms with E-state index in [2.05, 4.69) is 27.7 Å². The summed E-state index contributed by atoms with van der Waals surface area (Å²) in [6, 6.07) is 0. The fourth-order valence-electron chi connectivity index (χ4n) is 14.3. The van der Waals surface area contributed by atoms with E-state index in [1.807, 2.05) is 19.9 Å². The van der Waals surface area contributed by atoms with Gasteiger partial charge in [-0.25, -0.2) is 14.4 Å². The van der Waals surface area contributed by atoms with Crippen LogP contribution in [0.4, 0.5) is 0 Å². The average molecular weight is 999 g/mol. The molecule has 7 aliphatic rings. The highest BCUT2D eigenvalue weighted by atomic mass is 16.8. The van der Waals surface area contributed by atoms with Crippen LogP contribution in [0.25, 0.3) is 0 Å². The van der Waals surface area contributed by atoms with Crippen molar-refractivity contribution < 1.29 is 109 Å². The first-order chi connectivity index (χ1) is 32.3. The molecule has 7 rings (SSSR count). The fraction of sp³-hybridized carbons (Fsp3) is 0.833. The summed E-state index contributed by atoms with van der Waals surface area (Å²) in [7, 11) is 0. The van der Waals surface area contributed by atoms with Gasteiger partial charge in [0.1, 0.15) is 42.7 Å². The van der Waals surface area contributed by atoms with E-state index in [1.54, 1.807) is 6.92 Å². The average Bonchev–Trinajstić information content (AvgIpc) is 3.28. The molecular weight excluding hydrogens is 929 g/mol. The minimum absolute atomic E-state index is 0.0327. The molecule has 22 heteroatoms. The fourth-order valence-corrected chi connectivity index (χ4v) is 14.3. The highest BCUT2D eigenvalue weighted by Gasteiger charge is 2.71. The Balaban J connectivity index is 1.22. The summed E-state index contributed by atoms with van der Waals surface area (Å²) in [6.45, 7) is 14.3. The summed E-state index contributed by atoms with van der Waals surface area (Å²) >= 11 is 0. The molecule has 5 aliphatic carbocycles. The topological polar surface area (TPSA) is 371 Å². The van der Waals surface area contributed by atoms with Crippen molar-refractivity contribution in [2.24, 2.45) is 50.2 Å². The van der Waals surface area contributed by atoms with Crippen LogP contribution >= 0.6 is 0 Å². The maximum Gasteiger partial charge on any atom is 0.338 e. The summed E-state index contributed by atoms with van der Waals surface area (Å²) in [5, 5.41) is 115. The first kappa shape index (κ1) is 54.3. The Kier molecular flexibility index (Phi) is 14.5. The lowest BCUT2D eigenvalue weighted by Crippen LogP contribution is -2.68. The number of aliphatic hydroxyl groups is 8. The molecule has 394 valence electrons. The van der Waals surface area contributed by atoms with E-state index in [9.17, 15) is 80.1 Å². The number of aliphatic hydroxyl groups excluding tert-OH is 8. The normalized spacial score (nSPS) is 47.3. The molecular formula is C48H70O22. The summed E-state index contributed by atoms with van der Waals surface area (Å²) in [5.74, 6) is -7.25. The molecule has 0 spiro atoms. The van der Waals surface area contributed by atoms with Gasteiger partial charge in [-0.05, 0) is 110 Å². The first-order valence-corrected chi connectivity index (χ1v) is 24.0. The second-order valence-electron chi connectivity index (χ2n) is 23.1. The molecule has 0 aromatic carbocycles. The molecule has 70 heavy (non-hydrogen) atoms. The van der Waals surface area contributed by atoms with Crippen LogP contribution in [0.5, 0.6) is 0 Å². The van der Waals surface area contributed by atoms with Crippen molar-refractivity contribution in [3.05, 3.63) is 11.6 Å². The van der Waals surface area contributed by atoms with Crippen LogP contribution in [0.3, 0.4) is 0 Å². The standard InChI is InChI=1S/C48H70O22/c1-43(2)23-8-11-48(7)36(21(50)16-19-20-17-45(4,42(64)65)13-12-44(20,3)14-15-47(19,48)6)46(23,5)10-9-24(43)66-41-35(70-40-30(57)27(54)28(55)33(68-40)37(59)60)32(31(58)34(69-41)38(61)62)67-39(63)29(56)26(53)25(52)22(51)18-49/h16,18,20,22-36,40-41,51-58H,8-15,17H2,1-7H3,(H,59,60)(H,61,62)(H,64,65)/t20-,22-,23-,24-,25+,26-,27-,28-,29-,30+,31-,32-,33-,34-,35+,36+,40-,41-,44+,45-,46-,47+,48+/m0/s1. The molecule has 4 saturated carbocycles. The van der Waals surface area contributed by atoms with Crippen molar-refractivity contribution in [1.29, 1.82) is 0 Å². The molecule has 22 nitrogen and oxygen atoms in total. The van der Waals surface area contributed by atoms with Gasteiger partial charge in [0.25, 0.3) is 0 Å². The summed E-state index contributed by atoms with van der Waals surface area (Å²) < 4.78 is 29.1. The number of rotatable bonds is 13.